The van der Waals surface area contributed by atoms with Crippen molar-refractivity contribution in [3.05, 3.63) is 36.0 Å². The molecule has 0 fully saturated rings. The summed E-state index contributed by atoms with van der Waals surface area (Å²) in [7, 11) is 0. The maximum Gasteiger partial charge on any atom is 0.229 e. The van der Waals surface area contributed by atoms with Crippen LogP contribution in [0.25, 0.3) is 0 Å². The Bertz CT molecular complexity index is 587. The van der Waals surface area contributed by atoms with Gasteiger partial charge in [0.25, 0.3) is 0 Å². The molecule has 20 heavy (non-hydrogen) atoms. The summed E-state index contributed by atoms with van der Waals surface area (Å²) in [4.78, 5) is 5.45. The number of benzene rings is 1. The third kappa shape index (κ3) is 2.81. The quantitative estimate of drug-likeness (QED) is 0.934. The largest absolute Gasteiger partial charge is 0.480 e. The lowest BCUT2D eigenvalue weighted by Crippen LogP contribution is -2.16. The number of hydrogen-bond donors (Lipinski definition) is 1. The van der Waals surface area contributed by atoms with Gasteiger partial charge in [0.05, 0.1) is 12.5 Å². The molecule has 2 aromatic rings. The molecule has 1 aromatic heterocycles. The van der Waals surface area contributed by atoms with Gasteiger partial charge >= 0.3 is 0 Å². The topological polar surface area (TPSA) is 68.4 Å². The zero-order valence-electron chi connectivity index (χ0n) is 11.2. The number of nitrogens with zero attached hydrogens (tertiary/aromatic N) is 2. The molecule has 106 valence electrons. The number of ether oxygens (including phenoxy) is 1. The first-order valence-electron chi connectivity index (χ1n) is 6.65. The lowest BCUT2D eigenvalue weighted by molar-refractivity contribution is 0.158. The molecular weight excluding hydrogens is 276 g/mol. The minimum absolute atomic E-state index is 0.203. The highest BCUT2D eigenvalue weighted by molar-refractivity contribution is 7.99. The third-order valence-electron chi connectivity index (χ3n) is 3.16. The third-order valence-corrected chi connectivity index (χ3v) is 4.28. The molecule has 0 saturated carbocycles. The summed E-state index contributed by atoms with van der Waals surface area (Å²) < 4.78 is 11.1. The highest BCUT2D eigenvalue weighted by Gasteiger charge is 2.26. The number of aliphatic hydroxyl groups is 1. The molecule has 0 spiro atoms. The standard InChI is InChI=1S/C14H16N2O3S/c1-2-9(17)7-13-15-14(16-19-13)11-8-20-12-6-4-3-5-10(12)18-11/h3-6,9,11,17H,2,7-8H2,1H3. The number of hydrogen-bond acceptors (Lipinski definition) is 6. The molecule has 0 aliphatic carbocycles. The Morgan fingerprint density at radius 3 is 3.15 bits per heavy atom. The summed E-state index contributed by atoms with van der Waals surface area (Å²) in [5.74, 6) is 2.62. The van der Waals surface area contributed by atoms with E-state index >= 15 is 0 Å². The molecule has 5 nitrogen and oxygen atoms in total. The summed E-state index contributed by atoms with van der Waals surface area (Å²) >= 11 is 1.72. The highest BCUT2D eigenvalue weighted by Crippen LogP contribution is 2.39. The van der Waals surface area contributed by atoms with Gasteiger partial charge < -0.3 is 14.4 Å². The number of para-hydroxylation sites is 1. The predicted octanol–water partition coefficient (Wildman–Crippen LogP) is 2.61. The van der Waals surface area contributed by atoms with E-state index in [1.807, 2.05) is 31.2 Å². The summed E-state index contributed by atoms with van der Waals surface area (Å²) in [6, 6.07) is 7.92. The Kier molecular flexibility index (Phi) is 3.93. The van der Waals surface area contributed by atoms with Gasteiger partial charge in [-0.1, -0.05) is 24.2 Å². The van der Waals surface area contributed by atoms with E-state index in [2.05, 4.69) is 10.1 Å². The van der Waals surface area contributed by atoms with Crippen LogP contribution in [0.2, 0.25) is 0 Å². The molecule has 2 heterocycles. The van der Waals surface area contributed by atoms with E-state index in [1.165, 1.54) is 0 Å². The molecule has 1 N–H and O–H groups in total. The molecule has 1 aliphatic heterocycles. The Hall–Kier alpha value is -1.53. The highest BCUT2D eigenvalue weighted by atomic mass is 32.2. The van der Waals surface area contributed by atoms with Gasteiger partial charge in [-0.15, -0.1) is 11.8 Å². The van der Waals surface area contributed by atoms with Crippen molar-refractivity contribution in [3.8, 4) is 5.75 Å². The molecule has 2 unspecified atom stereocenters. The molecule has 1 aromatic carbocycles. The van der Waals surface area contributed by atoms with Gasteiger partial charge in [0, 0.05) is 10.6 Å². The molecular formula is C14H16N2O3S. The average molecular weight is 292 g/mol. The maximum atomic E-state index is 9.60. The Balaban J connectivity index is 1.72. The maximum absolute atomic E-state index is 9.60. The van der Waals surface area contributed by atoms with Crippen molar-refractivity contribution in [1.29, 1.82) is 0 Å². The molecule has 2 atom stereocenters. The molecule has 6 heteroatoms. The number of thioether (sulfide) groups is 1. The van der Waals surface area contributed by atoms with E-state index in [0.29, 0.717) is 24.6 Å². The summed E-state index contributed by atoms with van der Waals surface area (Å²) in [5, 5.41) is 13.6. The number of aliphatic hydroxyl groups excluding tert-OH is 1. The normalized spacial score (nSPS) is 19.2. The van der Waals surface area contributed by atoms with Crippen LogP contribution < -0.4 is 4.74 Å². The average Bonchev–Trinajstić information content (AvgIpc) is 2.95. The van der Waals surface area contributed by atoms with E-state index in [9.17, 15) is 5.11 Å². The number of fused-ring (bicyclic) bond motifs is 1. The summed E-state index contributed by atoms with van der Waals surface area (Å²) in [5.41, 5.74) is 0. The van der Waals surface area contributed by atoms with E-state index in [4.69, 9.17) is 9.26 Å². The van der Waals surface area contributed by atoms with Crippen LogP contribution in [-0.2, 0) is 6.42 Å². The monoisotopic (exact) mass is 292 g/mol. The van der Waals surface area contributed by atoms with Crippen LogP contribution in [0.15, 0.2) is 33.7 Å². The van der Waals surface area contributed by atoms with Crippen LogP contribution in [0, 0.1) is 0 Å². The minimum atomic E-state index is -0.439. The zero-order chi connectivity index (χ0) is 13.9. The number of aromatic nitrogens is 2. The number of rotatable bonds is 4. The van der Waals surface area contributed by atoms with Crippen molar-refractivity contribution in [2.24, 2.45) is 0 Å². The van der Waals surface area contributed by atoms with Crippen molar-refractivity contribution in [2.45, 2.75) is 36.9 Å². The lowest BCUT2D eigenvalue weighted by Gasteiger charge is -2.22. The zero-order valence-corrected chi connectivity index (χ0v) is 12.0. The SMILES string of the molecule is CCC(O)Cc1nc(C2CSc3ccccc3O2)no1. The minimum Gasteiger partial charge on any atom is -0.480 e. The fraction of sp³-hybridized carbons (Fsp3) is 0.429. The van der Waals surface area contributed by atoms with E-state index in [1.54, 1.807) is 11.8 Å². The van der Waals surface area contributed by atoms with Crippen LogP contribution in [0.5, 0.6) is 5.75 Å². The second-order valence-corrected chi connectivity index (χ2v) is 5.74. The first-order chi connectivity index (χ1) is 9.76. The first kappa shape index (κ1) is 13.5. The summed E-state index contributed by atoms with van der Waals surface area (Å²) in [6.45, 7) is 1.92. The molecule has 1 aliphatic rings. The van der Waals surface area contributed by atoms with Crippen molar-refractivity contribution in [2.75, 3.05) is 5.75 Å². The van der Waals surface area contributed by atoms with E-state index in [0.717, 1.165) is 16.4 Å². The van der Waals surface area contributed by atoms with Gasteiger partial charge in [0.2, 0.25) is 11.7 Å². The van der Waals surface area contributed by atoms with E-state index in [-0.39, 0.29) is 6.10 Å². The molecule has 0 amide bonds. The predicted molar refractivity (Wildman–Crippen MR) is 74.8 cm³/mol. The smallest absolute Gasteiger partial charge is 0.229 e. The second-order valence-electron chi connectivity index (χ2n) is 4.68. The van der Waals surface area contributed by atoms with Gasteiger partial charge in [-0.3, -0.25) is 0 Å². The van der Waals surface area contributed by atoms with Crippen LogP contribution in [-0.4, -0.2) is 27.1 Å². The van der Waals surface area contributed by atoms with Crippen molar-refractivity contribution < 1.29 is 14.4 Å². The van der Waals surface area contributed by atoms with Crippen molar-refractivity contribution in [1.82, 2.24) is 10.1 Å². The van der Waals surface area contributed by atoms with Gasteiger partial charge in [-0.05, 0) is 18.6 Å². The Labute approximate surface area is 121 Å². The fourth-order valence-corrected chi connectivity index (χ4v) is 2.96. The van der Waals surface area contributed by atoms with Crippen LogP contribution in [0.1, 0.15) is 31.2 Å². The Morgan fingerprint density at radius 1 is 1.45 bits per heavy atom. The van der Waals surface area contributed by atoms with Gasteiger partial charge in [0.15, 0.2) is 6.10 Å². The first-order valence-corrected chi connectivity index (χ1v) is 7.64. The molecule has 0 radical (unpaired) electrons. The van der Waals surface area contributed by atoms with Crippen LogP contribution in [0.3, 0.4) is 0 Å². The molecule has 0 bridgehead atoms. The van der Waals surface area contributed by atoms with Crippen LogP contribution in [0.4, 0.5) is 0 Å². The lowest BCUT2D eigenvalue weighted by atomic mass is 10.2. The van der Waals surface area contributed by atoms with Gasteiger partial charge in [-0.2, -0.15) is 4.98 Å². The molecule has 3 rings (SSSR count). The second kappa shape index (κ2) is 5.85. The molecule has 0 saturated heterocycles. The van der Waals surface area contributed by atoms with E-state index < -0.39 is 6.10 Å². The summed E-state index contributed by atoms with van der Waals surface area (Å²) in [6.07, 6.45) is 0.415. The van der Waals surface area contributed by atoms with Crippen LogP contribution >= 0.6 is 11.8 Å². The van der Waals surface area contributed by atoms with Gasteiger partial charge in [0.1, 0.15) is 5.75 Å². The fourth-order valence-electron chi connectivity index (χ4n) is 1.97. The Morgan fingerprint density at radius 2 is 2.30 bits per heavy atom. The van der Waals surface area contributed by atoms with Crippen molar-refractivity contribution in [3.63, 3.8) is 0 Å². The van der Waals surface area contributed by atoms with Gasteiger partial charge in [-0.25, -0.2) is 0 Å². The van der Waals surface area contributed by atoms with Crippen molar-refractivity contribution >= 4 is 11.8 Å².